The van der Waals surface area contributed by atoms with Gasteiger partial charge in [-0.05, 0) is 18.2 Å². The number of alkyl halides is 1. The van der Waals surface area contributed by atoms with Gasteiger partial charge in [0.05, 0.1) is 12.1 Å². The number of ether oxygens (including phenoxy) is 1. The van der Waals surface area contributed by atoms with E-state index in [0.717, 1.165) is 6.39 Å². The van der Waals surface area contributed by atoms with Crippen LogP contribution in [0.2, 0.25) is 5.02 Å². The van der Waals surface area contributed by atoms with Crippen LogP contribution in [-0.4, -0.2) is 31.2 Å². The van der Waals surface area contributed by atoms with E-state index in [1.54, 1.807) is 18.2 Å². The molecule has 7 heteroatoms. The number of aromatic nitrogens is 1. The quantitative estimate of drug-likeness (QED) is 0.921. The van der Waals surface area contributed by atoms with Gasteiger partial charge in [-0.1, -0.05) is 11.6 Å². The fourth-order valence-electron chi connectivity index (χ4n) is 1.66. The fraction of sp³-hybridized carbons (Fsp3) is 0.231. The molecule has 0 aliphatic heterocycles. The molecule has 0 fully saturated rings. The topological polar surface area (TPSA) is 64.4 Å². The zero-order valence-electron chi connectivity index (χ0n) is 10.7. The van der Waals surface area contributed by atoms with Crippen LogP contribution in [0.3, 0.4) is 0 Å². The zero-order valence-corrected chi connectivity index (χ0v) is 11.4. The third-order valence-corrected chi connectivity index (χ3v) is 2.87. The number of benzene rings is 1. The molecule has 0 saturated heterocycles. The molecule has 1 aromatic carbocycles. The lowest BCUT2D eigenvalue weighted by molar-refractivity contribution is 0.0946. The summed E-state index contributed by atoms with van der Waals surface area (Å²) >= 11 is 6.02. The van der Waals surface area contributed by atoms with Gasteiger partial charge in [0.15, 0.2) is 17.8 Å². The molecule has 0 atom stereocenters. The maximum atomic E-state index is 12.1. The third kappa shape index (κ3) is 2.91. The Morgan fingerprint density at radius 3 is 3.00 bits per heavy atom. The molecule has 1 amide bonds. The van der Waals surface area contributed by atoms with E-state index < -0.39 is 12.6 Å². The molecule has 0 spiro atoms. The molecule has 2 rings (SSSR count). The average molecular weight is 298 g/mol. The number of halogens is 2. The van der Waals surface area contributed by atoms with Crippen molar-refractivity contribution in [1.29, 1.82) is 0 Å². The van der Waals surface area contributed by atoms with Crippen molar-refractivity contribution in [3.8, 4) is 17.1 Å². The Hall–Kier alpha value is -2.08. The van der Waals surface area contributed by atoms with E-state index in [0.29, 0.717) is 16.3 Å². The van der Waals surface area contributed by atoms with Gasteiger partial charge in [-0.3, -0.25) is 4.79 Å². The van der Waals surface area contributed by atoms with Crippen molar-refractivity contribution in [2.24, 2.45) is 0 Å². The molecule has 1 heterocycles. The van der Waals surface area contributed by atoms with E-state index in [1.165, 1.54) is 7.11 Å². The number of nitrogens with one attached hydrogen (secondary N) is 1. The number of methoxy groups -OCH3 is 1. The highest BCUT2D eigenvalue weighted by molar-refractivity contribution is 6.32. The monoisotopic (exact) mass is 297 g/mol. The number of carbonyl (C=O) groups excluding carboxylic acids is 1. The Bertz CT molecular complexity index is 615. The molecular weight excluding hydrogens is 286 g/mol. The van der Waals surface area contributed by atoms with Crippen LogP contribution in [-0.2, 0) is 0 Å². The summed E-state index contributed by atoms with van der Waals surface area (Å²) in [5.41, 5.74) is 0.665. The molecule has 1 N–H and O–H groups in total. The lowest BCUT2D eigenvalue weighted by Crippen LogP contribution is -2.26. The van der Waals surface area contributed by atoms with Crippen molar-refractivity contribution in [1.82, 2.24) is 10.3 Å². The van der Waals surface area contributed by atoms with Crippen molar-refractivity contribution in [2.45, 2.75) is 0 Å². The van der Waals surface area contributed by atoms with Crippen molar-refractivity contribution in [3.05, 3.63) is 35.3 Å². The fourth-order valence-corrected chi connectivity index (χ4v) is 1.92. The van der Waals surface area contributed by atoms with E-state index in [2.05, 4.69) is 10.3 Å². The average Bonchev–Trinajstić information content (AvgIpc) is 2.94. The van der Waals surface area contributed by atoms with Gasteiger partial charge >= 0.3 is 0 Å². The van der Waals surface area contributed by atoms with E-state index in [1.807, 2.05) is 0 Å². The van der Waals surface area contributed by atoms with Crippen LogP contribution in [0, 0.1) is 0 Å². The predicted molar refractivity (Wildman–Crippen MR) is 71.8 cm³/mol. The first kappa shape index (κ1) is 14.3. The third-order valence-electron chi connectivity index (χ3n) is 2.58. The highest BCUT2D eigenvalue weighted by Gasteiger charge is 2.18. The second kappa shape index (κ2) is 6.38. The summed E-state index contributed by atoms with van der Waals surface area (Å²) in [4.78, 5) is 15.7. The molecule has 0 aliphatic carbocycles. The molecule has 5 nitrogen and oxygen atoms in total. The molecule has 0 bridgehead atoms. The van der Waals surface area contributed by atoms with Crippen LogP contribution >= 0.6 is 11.6 Å². The number of hydrogen-bond acceptors (Lipinski definition) is 4. The number of amides is 1. The molecule has 2 aromatic rings. The van der Waals surface area contributed by atoms with E-state index in [4.69, 9.17) is 20.8 Å². The van der Waals surface area contributed by atoms with Crippen LogP contribution in [0.25, 0.3) is 11.3 Å². The Balaban J connectivity index is 2.32. The summed E-state index contributed by atoms with van der Waals surface area (Å²) in [6, 6.07) is 4.95. The first-order valence-electron chi connectivity index (χ1n) is 5.79. The number of nitrogens with zero attached hydrogens (tertiary/aromatic N) is 1. The lowest BCUT2D eigenvalue weighted by atomic mass is 10.1. The normalized spacial score (nSPS) is 10.3. The van der Waals surface area contributed by atoms with Crippen molar-refractivity contribution in [2.75, 3.05) is 20.3 Å². The van der Waals surface area contributed by atoms with Crippen LogP contribution < -0.4 is 10.1 Å². The van der Waals surface area contributed by atoms with E-state index in [9.17, 15) is 9.18 Å². The van der Waals surface area contributed by atoms with Gasteiger partial charge in [-0.25, -0.2) is 9.37 Å². The van der Waals surface area contributed by atoms with Crippen LogP contribution in [0.4, 0.5) is 4.39 Å². The van der Waals surface area contributed by atoms with Gasteiger partial charge in [0.25, 0.3) is 5.91 Å². The largest absolute Gasteiger partial charge is 0.495 e. The molecule has 0 unspecified atom stereocenters. The minimum atomic E-state index is -0.646. The SMILES string of the molecule is COc1ccc(-c2ocnc2C(=O)NCC[18F])cc1Cl. The minimum absolute atomic E-state index is 0.0749. The molecule has 0 aliphatic rings. The zero-order chi connectivity index (χ0) is 14.5. The summed E-state index contributed by atoms with van der Waals surface area (Å²) in [6.07, 6.45) is 1.15. The highest BCUT2D eigenvalue weighted by Crippen LogP contribution is 2.31. The van der Waals surface area contributed by atoms with E-state index in [-0.39, 0.29) is 18.0 Å². The first-order chi connectivity index (χ1) is 9.67. The summed E-state index contributed by atoms with van der Waals surface area (Å²) in [5, 5.41) is 2.77. The molecular formula is C13H12ClFN2O3. The second-order valence-electron chi connectivity index (χ2n) is 3.82. The predicted octanol–water partition coefficient (Wildman–Crippen LogP) is 2.70. The maximum absolute atomic E-state index is 12.1. The summed E-state index contributed by atoms with van der Waals surface area (Å²) in [6.45, 7) is -0.720. The van der Waals surface area contributed by atoms with Gasteiger partial charge in [0.2, 0.25) is 0 Å². The summed E-state index contributed by atoms with van der Waals surface area (Å²) in [7, 11) is 1.51. The van der Waals surface area contributed by atoms with Gasteiger partial charge in [-0.15, -0.1) is 0 Å². The number of oxazole rings is 1. The molecule has 0 radical (unpaired) electrons. The van der Waals surface area contributed by atoms with Gasteiger partial charge < -0.3 is 14.5 Å². The number of rotatable bonds is 5. The summed E-state index contributed by atoms with van der Waals surface area (Å²) < 4.78 is 22.3. The lowest BCUT2D eigenvalue weighted by Gasteiger charge is -2.05. The Labute approximate surface area is 119 Å². The van der Waals surface area contributed by atoms with Crippen molar-refractivity contribution < 1.29 is 18.3 Å². The Morgan fingerprint density at radius 1 is 1.55 bits per heavy atom. The smallest absolute Gasteiger partial charge is 0.274 e. The molecule has 1 aromatic heterocycles. The standard InChI is InChI=1S/C13H12ClFN2O3/c1-19-10-3-2-8(6-9(10)14)12-11(17-7-20-12)13(18)16-5-4-15/h2-3,6-7H,4-5H2,1H3,(H,16,18)/i15-1. The molecule has 0 saturated carbocycles. The Kier molecular flexibility index (Phi) is 4.57. The first-order valence-corrected chi connectivity index (χ1v) is 6.16. The highest BCUT2D eigenvalue weighted by atomic mass is 35.5. The Morgan fingerprint density at radius 2 is 2.35 bits per heavy atom. The van der Waals surface area contributed by atoms with Crippen LogP contribution in [0.1, 0.15) is 10.5 Å². The molecule has 20 heavy (non-hydrogen) atoms. The van der Waals surface area contributed by atoms with E-state index >= 15 is 0 Å². The number of hydrogen-bond donors (Lipinski definition) is 1. The maximum Gasteiger partial charge on any atom is 0.274 e. The van der Waals surface area contributed by atoms with Crippen molar-refractivity contribution in [3.63, 3.8) is 0 Å². The molecule has 106 valence electrons. The van der Waals surface area contributed by atoms with Gasteiger partial charge in [0, 0.05) is 12.1 Å². The van der Waals surface area contributed by atoms with Crippen LogP contribution in [0.15, 0.2) is 29.0 Å². The minimum Gasteiger partial charge on any atom is -0.495 e. The second-order valence-corrected chi connectivity index (χ2v) is 4.23. The summed E-state index contributed by atoms with van der Waals surface area (Å²) in [5.74, 6) is 0.280. The van der Waals surface area contributed by atoms with Gasteiger partial charge in [-0.2, -0.15) is 0 Å². The van der Waals surface area contributed by atoms with Crippen molar-refractivity contribution >= 4 is 17.5 Å². The number of carbonyl (C=O) groups is 1. The van der Waals surface area contributed by atoms with Crippen LogP contribution in [0.5, 0.6) is 5.75 Å². The van der Waals surface area contributed by atoms with Gasteiger partial charge in [0.1, 0.15) is 12.4 Å².